The van der Waals surface area contributed by atoms with Gasteiger partial charge in [0.15, 0.2) is 0 Å². The van der Waals surface area contributed by atoms with Crippen LogP contribution in [-0.2, 0) is 4.74 Å². The Morgan fingerprint density at radius 1 is 1.21 bits per heavy atom. The lowest BCUT2D eigenvalue weighted by atomic mass is 9.89. The molecule has 0 saturated carbocycles. The summed E-state index contributed by atoms with van der Waals surface area (Å²) < 4.78 is 5.49. The largest absolute Gasteiger partial charge is 0.382 e. The van der Waals surface area contributed by atoms with Gasteiger partial charge in [-0.25, -0.2) is 0 Å². The minimum Gasteiger partial charge on any atom is -0.382 e. The number of nitrogens with one attached hydrogen (secondary N) is 1. The number of rotatable bonds is 1. The van der Waals surface area contributed by atoms with Gasteiger partial charge in [0.2, 0.25) is 0 Å². The Balaban J connectivity index is 1.97. The zero-order valence-electron chi connectivity index (χ0n) is 12.2. The maximum absolute atomic E-state index is 5.49. The molecule has 1 aromatic carbocycles. The van der Waals surface area contributed by atoms with Crippen molar-refractivity contribution in [1.82, 2.24) is 4.90 Å². The number of nitrogens with zero attached hydrogens (tertiary/aromatic N) is 1. The topological polar surface area (TPSA) is 24.5 Å². The van der Waals surface area contributed by atoms with Gasteiger partial charge in [0.05, 0.1) is 13.2 Å². The van der Waals surface area contributed by atoms with Gasteiger partial charge in [0.25, 0.3) is 0 Å². The molecule has 2 atom stereocenters. The van der Waals surface area contributed by atoms with Crippen molar-refractivity contribution in [3.63, 3.8) is 0 Å². The molecule has 3 nitrogen and oxygen atoms in total. The molecule has 2 unspecified atom stereocenters. The summed E-state index contributed by atoms with van der Waals surface area (Å²) in [6.45, 7) is 10.6. The Bertz CT molecular complexity index is 466. The molecule has 104 valence electrons. The summed E-state index contributed by atoms with van der Waals surface area (Å²) in [6, 6.07) is 5.67. The van der Waals surface area contributed by atoms with Gasteiger partial charge in [0, 0.05) is 30.9 Å². The molecule has 3 heteroatoms. The van der Waals surface area contributed by atoms with Gasteiger partial charge < -0.3 is 10.1 Å². The van der Waals surface area contributed by atoms with E-state index >= 15 is 0 Å². The Hall–Kier alpha value is -1.06. The number of anilines is 1. The summed E-state index contributed by atoms with van der Waals surface area (Å²) in [5.41, 5.74) is 5.63. The van der Waals surface area contributed by atoms with Crippen LogP contribution in [-0.4, -0.2) is 37.2 Å². The zero-order valence-corrected chi connectivity index (χ0v) is 12.2. The van der Waals surface area contributed by atoms with E-state index in [0.717, 1.165) is 26.3 Å². The van der Waals surface area contributed by atoms with Gasteiger partial charge >= 0.3 is 0 Å². The van der Waals surface area contributed by atoms with E-state index < -0.39 is 0 Å². The average Bonchev–Trinajstić information content (AvgIpc) is 2.44. The van der Waals surface area contributed by atoms with E-state index in [1.165, 1.54) is 28.8 Å². The fraction of sp³-hybridized carbons (Fsp3) is 0.625. The number of morpholine rings is 1. The number of fused-ring (bicyclic) bond motifs is 1. The van der Waals surface area contributed by atoms with E-state index in [-0.39, 0.29) is 0 Å². The first-order valence-electron chi connectivity index (χ1n) is 7.35. The summed E-state index contributed by atoms with van der Waals surface area (Å²) in [5, 5.41) is 3.68. The zero-order chi connectivity index (χ0) is 13.4. The predicted octanol–water partition coefficient (Wildman–Crippen LogP) is 2.88. The van der Waals surface area contributed by atoms with E-state index in [1.54, 1.807) is 0 Å². The number of aryl methyl sites for hydroxylation is 1. The highest BCUT2D eigenvalue weighted by Gasteiger charge is 2.30. The third-order valence-electron chi connectivity index (χ3n) is 4.58. The van der Waals surface area contributed by atoms with Crippen LogP contribution in [0.4, 0.5) is 5.69 Å². The molecule has 0 bridgehead atoms. The van der Waals surface area contributed by atoms with Crippen LogP contribution in [0, 0.1) is 13.8 Å². The number of hydrogen-bond donors (Lipinski definition) is 1. The van der Waals surface area contributed by atoms with Gasteiger partial charge in [-0.1, -0.05) is 12.1 Å². The smallest absolute Gasteiger partial charge is 0.0594 e. The van der Waals surface area contributed by atoms with Crippen molar-refractivity contribution in [3.8, 4) is 0 Å². The van der Waals surface area contributed by atoms with E-state index in [4.69, 9.17) is 4.74 Å². The van der Waals surface area contributed by atoms with Crippen LogP contribution < -0.4 is 5.32 Å². The Morgan fingerprint density at radius 3 is 2.68 bits per heavy atom. The van der Waals surface area contributed by atoms with Crippen LogP contribution in [0.5, 0.6) is 0 Å². The molecular formula is C16H24N2O. The normalized spacial score (nSPS) is 27.7. The minimum atomic E-state index is 0.542. The Labute approximate surface area is 115 Å². The molecule has 2 aliphatic heterocycles. The molecule has 2 heterocycles. The third kappa shape index (κ3) is 2.37. The molecule has 2 aliphatic rings. The van der Waals surface area contributed by atoms with Crippen molar-refractivity contribution in [1.29, 1.82) is 0 Å². The second-order valence-electron chi connectivity index (χ2n) is 5.92. The Kier molecular flexibility index (Phi) is 3.50. The van der Waals surface area contributed by atoms with Crippen LogP contribution >= 0.6 is 0 Å². The lowest BCUT2D eigenvalue weighted by Crippen LogP contribution is -2.42. The van der Waals surface area contributed by atoms with E-state index in [9.17, 15) is 0 Å². The number of ether oxygens (including phenoxy) is 1. The highest BCUT2D eigenvalue weighted by Crippen LogP contribution is 2.39. The van der Waals surface area contributed by atoms with Gasteiger partial charge in [0.1, 0.15) is 0 Å². The first kappa shape index (κ1) is 12.9. The first-order valence-corrected chi connectivity index (χ1v) is 7.35. The summed E-state index contributed by atoms with van der Waals surface area (Å²) >= 11 is 0. The van der Waals surface area contributed by atoms with Crippen LogP contribution in [0.3, 0.4) is 0 Å². The Morgan fingerprint density at radius 2 is 1.95 bits per heavy atom. The highest BCUT2D eigenvalue weighted by atomic mass is 16.5. The van der Waals surface area contributed by atoms with E-state index in [2.05, 4.69) is 43.1 Å². The summed E-state index contributed by atoms with van der Waals surface area (Å²) in [7, 11) is 0. The molecule has 3 rings (SSSR count). The predicted molar refractivity (Wildman–Crippen MR) is 78.8 cm³/mol. The van der Waals surface area contributed by atoms with Crippen molar-refractivity contribution < 1.29 is 4.74 Å². The standard InChI is InChI=1S/C16H24N2O/c1-11-4-5-14-15(18-6-8-19-9-7-18)10-12(2)17-16(14)13(11)3/h4-5,12,15,17H,6-10H2,1-3H3. The van der Waals surface area contributed by atoms with E-state index in [0.29, 0.717) is 12.1 Å². The fourth-order valence-corrected chi connectivity index (χ4v) is 3.31. The van der Waals surface area contributed by atoms with E-state index in [1.807, 2.05) is 0 Å². The molecule has 0 amide bonds. The number of hydrogen-bond acceptors (Lipinski definition) is 3. The van der Waals surface area contributed by atoms with Gasteiger partial charge in [-0.05, 0) is 43.9 Å². The van der Waals surface area contributed by atoms with Crippen LogP contribution in [0.1, 0.15) is 36.1 Å². The highest BCUT2D eigenvalue weighted by molar-refractivity contribution is 5.63. The van der Waals surface area contributed by atoms with Crippen molar-refractivity contribution in [2.75, 3.05) is 31.6 Å². The molecule has 0 radical (unpaired) electrons. The quantitative estimate of drug-likeness (QED) is 0.840. The second-order valence-corrected chi connectivity index (χ2v) is 5.92. The summed E-state index contributed by atoms with van der Waals surface area (Å²) in [5.74, 6) is 0. The van der Waals surface area contributed by atoms with Gasteiger partial charge in [-0.2, -0.15) is 0 Å². The molecule has 0 aliphatic carbocycles. The second kappa shape index (κ2) is 5.14. The maximum atomic E-state index is 5.49. The molecule has 0 spiro atoms. The minimum absolute atomic E-state index is 0.542. The molecular weight excluding hydrogens is 236 g/mol. The fourth-order valence-electron chi connectivity index (χ4n) is 3.31. The number of benzene rings is 1. The van der Waals surface area contributed by atoms with Gasteiger partial charge in [-0.3, -0.25) is 4.90 Å². The lowest BCUT2D eigenvalue weighted by Gasteiger charge is -2.41. The average molecular weight is 260 g/mol. The molecule has 1 N–H and O–H groups in total. The van der Waals surface area contributed by atoms with Crippen LogP contribution in [0.15, 0.2) is 12.1 Å². The molecule has 1 aromatic rings. The van der Waals surface area contributed by atoms with Gasteiger partial charge in [-0.15, -0.1) is 0 Å². The molecule has 0 aromatic heterocycles. The molecule has 1 saturated heterocycles. The summed E-state index contributed by atoms with van der Waals surface area (Å²) in [6.07, 6.45) is 1.19. The maximum Gasteiger partial charge on any atom is 0.0594 e. The summed E-state index contributed by atoms with van der Waals surface area (Å²) in [4.78, 5) is 2.59. The van der Waals surface area contributed by atoms with Crippen molar-refractivity contribution in [2.24, 2.45) is 0 Å². The third-order valence-corrected chi connectivity index (χ3v) is 4.58. The molecule has 19 heavy (non-hydrogen) atoms. The monoisotopic (exact) mass is 260 g/mol. The molecule has 1 fully saturated rings. The van der Waals surface area contributed by atoms with Crippen molar-refractivity contribution in [2.45, 2.75) is 39.3 Å². The van der Waals surface area contributed by atoms with Crippen LogP contribution in [0.2, 0.25) is 0 Å². The van der Waals surface area contributed by atoms with Crippen molar-refractivity contribution in [3.05, 3.63) is 28.8 Å². The van der Waals surface area contributed by atoms with Crippen LogP contribution in [0.25, 0.3) is 0 Å². The first-order chi connectivity index (χ1) is 9.16. The van der Waals surface area contributed by atoms with Crippen molar-refractivity contribution >= 4 is 5.69 Å². The SMILES string of the molecule is Cc1ccc2c(c1C)NC(C)CC2N1CCOCC1. The lowest BCUT2D eigenvalue weighted by molar-refractivity contribution is 0.0127.